The number of ether oxygens (including phenoxy) is 2. The van der Waals surface area contributed by atoms with Crippen molar-refractivity contribution < 1.29 is 23.8 Å². The molecule has 0 saturated carbocycles. The maximum atomic E-state index is 15.5. The Balaban J connectivity index is 1.35. The van der Waals surface area contributed by atoms with Crippen LogP contribution in [-0.4, -0.2) is 83.4 Å². The molecular weight excluding hydrogens is 659 g/mol. The summed E-state index contributed by atoms with van der Waals surface area (Å²) in [5.74, 6) is 0.757. The number of aromatic nitrogens is 2. The van der Waals surface area contributed by atoms with Crippen molar-refractivity contribution in [1.82, 2.24) is 19.8 Å². The highest BCUT2D eigenvalue weighted by atomic mass is 35.5. The number of carbonyl (C=O) groups is 1. The summed E-state index contributed by atoms with van der Waals surface area (Å²) in [5, 5.41) is 14.1. The van der Waals surface area contributed by atoms with Crippen molar-refractivity contribution in [2.75, 3.05) is 56.7 Å². The van der Waals surface area contributed by atoms with Gasteiger partial charge in [-0.2, -0.15) is 4.98 Å². The minimum atomic E-state index is -1.32. The van der Waals surface area contributed by atoms with Gasteiger partial charge in [0.25, 0.3) is 0 Å². The Morgan fingerprint density at radius 3 is 2.40 bits per heavy atom. The van der Waals surface area contributed by atoms with E-state index >= 15 is 4.39 Å². The maximum Gasteiger partial charge on any atom is 0.413 e. The number of nitrogens with zero attached hydrogens (tertiary/aromatic N) is 5. The highest BCUT2D eigenvalue weighted by Crippen LogP contribution is 2.39. The molecule has 2 heterocycles. The van der Waals surface area contributed by atoms with E-state index in [4.69, 9.17) is 21.1 Å². The van der Waals surface area contributed by atoms with Crippen LogP contribution in [0.3, 0.4) is 0 Å². The smallest absolute Gasteiger partial charge is 0.413 e. The van der Waals surface area contributed by atoms with Crippen LogP contribution < -0.4 is 19.7 Å². The second-order valence-corrected chi connectivity index (χ2v) is 13.4. The van der Waals surface area contributed by atoms with E-state index in [1.165, 1.54) is 30.5 Å². The van der Waals surface area contributed by atoms with Crippen LogP contribution in [0.15, 0.2) is 60.8 Å². The molecule has 0 aliphatic carbocycles. The highest BCUT2D eigenvalue weighted by Gasteiger charge is 2.34. The second-order valence-electron chi connectivity index (χ2n) is 12.9. The zero-order chi connectivity index (χ0) is 35.9. The third-order valence-corrected chi connectivity index (χ3v) is 9.28. The first-order chi connectivity index (χ1) is 23.9. The van der Waals surface area contributed by atoms with Gasteiger partial charge in [-0.25, -0.2) is 19.1 Å². The fourth-order valence-electron chi connectivity index (χ4n) is 6.62. The van der Waals surface area contributed by atoms with Crippen molar-refractivity contribution in [3.63, 3.8) is 0 Å². The van der Waals surface area contributed by atoms with Gasteiger partial charge in [0.2, 0.25) is 5.95 Å². The Bertz CT molecular complexity index is 1780. The molecule has 1 aromatic heterocycles. The predicted octanol–water partition coefficient (Wildman–Crippen LogP) is 8.02. The number of hydrogen-bond donors (Lipinski definition) is 2. The molecule has 5 rings (SSSR count). The molecule has 2 N–H and O–H groups in total. The molecular formula is C38H46ClFN6O4. The summed E-state index contributed by atoms with van der Waals surface area (Å²) in [6.45, 7) is 16.1. The van der Waals surface area contributed by atoms with Gasteiger partial charge in [-0.1, -0.05) is 29.3 Å². The van der Waals surface area contributed by atoms with Crippen LogP contribution in [0.2, 0.25) is 5.02 Å². The molecule has 0 bridgehead atoms. The molecule has 1 aliphatic rings. The van der Waals surface area contributed by atoms with Gasteiger partial charge >= 0.3 is 6.09 Å². The van der Waals surface area contributed by atoms with E-state index in [0.29, 0.717) is 35.4 Å². The molecule has 4 aromatic rings. The van der Waals surface area contributed by atoms with Gasteiger partial charge in [0.1, 0.15) is 11.6 Å². The average Bonchev–Trinajstić information content (AvgIpc) is 3.07. The van der Waals surface area contributed by atoms with Crippen LogP contribution in [0.4, 0.5) is 26.6 Å². The minimum absolute atomic E-state index is 0.0521. The summed E-state index contributed by atoms with van der Waals surface area (Å²) in [7, 11) is 1.58. The average molecular weight is 705 g/mol. The first kappa shape index (κ1) is 36.8. The van der Waals surface area contributed by atoms with Gasteiger partial charge < -0.3 is 24.8 Å². The molecule has 1 saturated heterocycles. The summed E-state index contributed by atoms with van der Waals surface area (Å²) in [6, 6.07) is 14.4. The Morgan fingerprint density at radius 2 is 1.74 bits per heavy atom. The topological polar surface area (TPSA) is 103 Å². The first-order valence-electron chi connectivity index (χ1n) is 16.9. The third-order valence-electron chi connectivity index (χ3n) is 9.05. The van der Waals surface area contributed by atoms with Crippen molar-refractivity contribution in [2.45, 2.75) is 53.1 Å². The van der Waals surface area contributed by atoms with Crippen LogP contribution in [0, 0.1) is 26.6 Å². The summed E-state index contributed by atoms with van der Waals surface area (Å²) in [5.41, 5.74) is 3.98. The van der Waals surface area contributed by atoms with E-state index in [1.54, 1.807) is 13.2 Å². The number of carboxylic acid groups (broad SMARTS) is 1. The quantitative estimate of drug-likeness (QED) is 0.134. The Hall–Kier alpha value is -4.45. The molecule has 0 radical (unpaired) electrons. The number of nitrogens with one attached hydrogen (secondary N) is 1. The van der Waals surface area contributed by atoms with E-state index in [1.807, 2.05) is 45.0 Å². The van der Waals surface area contributed by atoms with Gasteiger partial charge in [0.15, 0.2) is 11.5 Å². The van der Waals surface area contributed by atoms with Crippen molar-refractivity contribution >= 4 is 35.1 Å². The number of piperazine rings is 1. The van der Waals surface area contributed by atoms with Crippen molar-refractivity contribution in [3.05, 3.63) is 99.5 Å². The third kappa shape index (κ3) is 8.82. The van der Waals surface area contributed by atoms with Crippen LogP contribution in [0.1, 0.15) is 54.1 Å². The summed E-state index contributed by atoms with van der Waals surface area (Å²) in [4.78, 5) is 28.0. The number of aryl methyl sites for hydroxylation is 3. The normalized spacial score (nSPS) is 14.4. The molecule has 1 fully saturated rings. The first-order valence-corrected chi connectivity index (χ1v) is 17.2. The molecule has 3 aromatic carbocycles. The molecule has 1 atom stereocenters. The van der Waals surface area contributed by atoms with E-state index in [0.717, 1.165) is 60.7 Å². The largest absolute Gasteiger partial charge is 0.493 e. The van der Waals surface area contributed by atoms with E-state index < -0.39 is 18.0 Å². The summed E-state index contributed by atoms with van der Waals surface area (Å²) >= 11 is 6.32. The van der Waals surface area contributed by atoms with Crippen LogP contribution in [-0.2, 0) is 0 Å². The monoisotopic (exact) mass is 704 g/mol. The van der Waals surface area contributed by atoms with Gasteiger partial charge in [0, 0.05) is 67.3 Å². The van der Waals surface area contributed by atoms with Gasteiger partial charge in [0.05, 0.1) is 19.8 Å². The number of rotatable bonds is 13. The number of amides is 1. The van der Waals surface area contributed by atoms with Gasteiger partial charge in [-0.3, -0.25) is 4.90 Å². The molecule has 1 amide bonds. The standard InChI is InChI=1S/C38H46ClFN6O4/c1-24(2)45-17-15-44(16-18-45)14-7-19-50-32-11-9-29(23-33(32)49-6)42-37-41-13-12-34(43-37)46(38(47)48)36(30-22-28(39)8-10-31(30)40)35-26(4)20-25(3)21-27(35)5/h8-13,20-24,36H,7,14-19H2,1-6H3,(H,47,48)(H,41,42,43). The molecule has 50 heavy (non-hydrogen) atoms. The summed E-state index contributed by atoms with van der Waals surface area (Å²) < 4.78 is 27.2. The SMILES string of the molecule is COc1cc(Nc2nccc(N(C(=O)O)C(c3cc(Cl)ccc3F)c3c(C)cc(C)cc3C)n2)ccc1OCCCN1CCN(C(C)C)CC1. The molecule has 12 heteroatoms. The molecule has 1 aliphatic heterocycles. The van der Waals surface area contributed by atoms with Crippen molar-refractivity contribution in [3.8, 4) is 11.5 Å². The predicted molar refractivity (Wildman–Crippen MR) is 196 cm³/mol. The lowest BCUT2D eigenvalue weighted by molar-refractivity contribution is 0.104. The second kappa shape index (κ2) is 16.5. The Morgan fingerprint density at radius 1 is 1.02 bits per heavy atom. The van der Waals surface area contributed by atoms with E-state index in [9.17, 15) is 9.90 Å². The fourth-order valence-corrected chi connectivity index (χ4v) is 6.80. The van der Waals surface area contributed by atoms with Gasteiger partial charge in [-0.05, 0) is 94.1 Å². The molecule has 1 unspecified atom stereocenters. The number of methoxy groups -OCH3 is 1. The number of anilines is 3. The summed E-state index contributed by atoms with van der Waals surface area (Å²) in [6.07, 6.45) is 1.03. The lowest BCUT2D eigenvalue weighted by Crippen LogP contribution is -2.49. The maximum absolute atomic E-state index is 15.5. The van der Waals surface area contributed by atoms with Crippen LogP contribution >= 0.6 is 11.6 Å². The molecule has 10 nitrogen and oxygen atoms in total. The lowest BCUT2D eigenvalue weighted by Gasteiger charge is -2.36. The zero-order valence-electron chi connectivity index (χ0n) is 29.5. The Labute approximate surface area is 298 Å². The van der Waals surface area contributed by atoms with Crippen LogP contribution in [0.5, 0.6) is 11.5 Å². The fraction of sp³-hybridized carbons (Fsp3) is 0.395. The number of benzene rings is 3. The van der Waals surface area contributed by atoms with E-state index in [2.05, 4.69) is 38.9 Å². The van der Waals surface area contributed by atoms with Crippen molar-refractivity contribution in [2.24, 2.45) is 0 Å². The van der Waals surface area contributed by atoms with E-state index in [-0.39, 0.29) is 22.4 Å². The van der Waals surface area contributed by atoms with Crippen LogP contribution in [0.25, 0.3) is 0 Å². The Kier molecular flexibility index (Phi) is 12.2. The number of halogens is 2. The van der Waals surface area contributed by atoms with Crippen molar-refractivity contribution in [1.29, 1.82) is 0 Å². The molecule has 0 spiro atoms. The highest BCUT2D eigenvalue weighted by molar-refractivity contribution is 6.30. The number of hydrogen-bond acceptors (Lipinski definition) is 8. The van der Waals surface area contributed by atoms with Gasteiger partial charge in [-0.15, -0.1) is 0 Å². The molecule has 266 valence electrons. The minimum Gasteiger partial charge on any atom is -0.493 e. The lowest BCUT2D eigenvalue weighted by atomic mass is 9.88. The zero-order valence-corrected chi connectivity index (χ0v) is 30.3.